The van der Waals surface area contributed by atoms with Gasteiger partial charge in [-0.05, 0) is 56.6 Å². The Bertz CT molecular complexity index is 1210. The molecule has 3 heterocycles. The van der Waals surface area contributed by atoms with E-state index in [0.29, 0.717) is 29.4 Å². The molecule has 0 amide bonds. The average molecular weight is 450 g/mol. The van der Waals surface area contributed by atoms with Crippen LogP contribution in [0.1, 0.15) is 54.8 Å². The molecular formula is C25H25F2N5O. The van der Waals surface area contributed by atoms with Crippen molar-refractivity contribution in [2.45, 2.75) is 38.1 Å². The van der Waals surface area contributed by atoms with Crippen LogP contribution in [0.2, 0.25) is 0 Å². The second-order valence-corrected chi connectivity index (χ2v) is 8.51. The molecule has 0 aliphatic carbocycles. The van der Waals surface area contributed by atoms with Crippen LogP contribution in [0.25, 0.3) is 11.3 Å². The van der Waals surface area contributed by atoms with Crippen LogP contribution in [0.15, 0.2) is 59.3 Å². The van der Waals surface area contributed by atoms with Gasteiger partial charge in [0.05, 0.1) is 17.9 Å². The molecule has 170 valence electrons. The summed E-state index contributed by atoms with van der Waals surface area (Å²) < 4.78 is 32.3. The quantitative estimate of drug-likeness (QED) is 0.434. The van der Waals surface area contributed by atoms with Crippen LogP contribution < -0.4 is 0 Å². The summed E-state index contributed by atoms with van der Waals surface area (Å²) in [7, 11) is 0. The minimum atomic E-state index is -0.862. The zero-order valence-electron chi connectivity index (χ0n) is 18.3. The first-order chi connectivity index (χ1) is 16.1. The third-order valence-corrected chi connectivity index (χ3v) is 6.34. The Kier molecular flexibility index (Phi) is 6.00. The molecule has 1 fully saturated rings. The molecule has 1 N–H and O–H groups in total. The van der Waals surface area contributed by atoms with Crippen LogP contribution in [-0.4, -0.2) is 38.1 Å². The highest BCUT2D eigenvalue weighted by atomic mass is 19.2. The van der Waals surface area contributed by atoms with Crippen molar-refractivity contribution in [1.82, 2.24) is 25.0 Å². The lowest BCUT2D eigenvalue weighted by Crippen LogP contribution is -2.35. The molecule has 1 aliphatic rings. The van der Waals surface area contributed by atoms with Gasteiger partial charge in [-0.25, -0.2) is 13.8 Å². The minimum absolute atomic E-state index is 0.0392. The lowest BCUT2D eigenvalue weighted by molar-refractivity contribution is 0.135. The Labute approximate surface area is 190 Å². The summed E-state index contributed by atoms with van der Waals surface area (Å²) in [5, 5.41) is 4.16. The van der Waals surface area contributed by atoms with Gasteiger partial charge in [0.15, 0.2) is 17.5 Å². The van der Waals surface area contributed by atoms with Crippen molar-refractivity contribution in [2.75, 3.05) is 13.1 Å². The highest BCUT2D eigenvalue weighted by Crippen LogP contribution is 2.32. The summed E-state index contributed by atoms with van der Waals surface area (Å²) in [5.41, 5.74) is 2.43. The van der Waals surface area contributed by atoms with E-state index in [1.807, 2.05) is 18.2 Å². The number of nitrogens with zero attached hydrogens (tertiary/aromatic N) is 4. The molecule has 2 aromatic carbocycles. The lowest BCUT2D eigenvalue weighted by atomic mass is 9.95. The fraction of sp³-hybridized carbons (Fsp3) is 0.320. The Hall–Kier alpha value is -3.39. The predicted octanol–water partition coefficient (Wildman–Crippen LogP) is 5.27. The Morgan fingerprint density at radius 3 is 2.64 bits per heavy atom. The highest BCUT2D eigenvalue weighted by Gasteiger charge is 2.28. The largest absolute Gasteiger partial charge is 0.342 e. The maximum Gasteiger partial charge on any atom is 0.243 e. The molecule has 1 aliphatic heterocycles. The summed E-state index contributed by atoms with van der Waals surface area (Å²) in [4.78, 5) is 14.8. The normalized spacial score (nSPS) is 16.2. The fourth-order valence-electron chi connectivity index (χ4n) is 4.36. The van der Waals surface area contributed by atoms with Crippen LogP contribution in [0.4, 0.5) is 8.78 Å². The van der Waals surface area contributed by atoms with Gasteiger partial charge in [-0.15, -0.1) is 0 Å². The molecule has 0 spiro atoms. The van der Waals surface area contributed by atoms with Crippen molar-refractivity contribution >= 4 is 0 Å². The maximum atomic E-state index is 13.6. The number of halogens is 2. The number of hydrogen-bond acceptors (Lipinski definition) is 5. The standard InChI is InChI=1S/C25H25F2N5O/c1-16(25-30-23(31-33-25)13-17-5-3-2-4-6-17)32-11-9-18(10-12-32)24-28-15-22(29-24)19-7-8-20(26)21(27)14-19/h2-8,14-16,18H,9-13H2,1H3,(H,28,29). The van der Waals surface area contributed by atoms with Crippen molar-refractivity contribution < 1.29 is 13.3 Å². The topological polar surface area (TPSA) is 70.8 Å². The number of benzene rings is 2. The Morgan fingerprint density at radius 1 is 1.09 bits per heavy atom. The zero-order chi connectivity index (χ0) is 22.8. The summed E-state index contributed by atoms with van der Waals surface area (Å²) in [5.74, 6) is 0.775. The van der Waals surface area contributed by atoms with Gasteiger partial charge in [0.2, 0.25) is 5.89 Å². The molecule has 0 bridgehead atoms. The van der Waals surface area contributed by atoms with Crippen LogP contribution in [0.3, 0.4) is 0 Å². The number of aromatic amines is 1. The number of nitrogens with one attached hydrogen (secondary N) is 1. The number of aromatic nitrogens is 4. The first-order valence-electron chi connectivity index (χ1n) is 11.2. The van der Waals surface area contributed by atoms with Crippen molar-refractivity contribution in [3.05, 3.63) is 89.5 Å². The molecule has 0 radical (unpaired) electrons. The molecule has 1 atom stereocenters. The first kappa shape index (κ1) is 21.5. The van der Waals surface area contributed by atoms with E-state index in [-0.39, 0.29) is 12.0 Å². The first-order valence-corrected chi connectivity index (χ1v) is 11.2. The van der Waals surface area contributed by atoms with Crippen LogP contribution in [-0.2, 0) is 6.42 Å². The van der Waals surface area contributed by atoms with E-state index in [1.165, 1.54) is 6.07 Å². The average Bonchev–Trinajstić information content (AvgIpc) is 3.52. The van der Waals surface area contributed by atoms with E-state index in [2.05, 4.69) is 44.1 Å². The predicted molar refractivity (Wildman–Crippen MR) is 119 cm³/mol. The number of H-pyrrole nitrogens is 1. The van der Waals surface area contributed by atoms with E-state index in [9.17, 15) is 8.78 Å². The molecular weight excluding hydrogens is 424 g/mol. The van der Waals surface area contributed by atoms with Gasteiger partial charge in [0, 0.05) is 17.9 Å². The van der Waals surface area contributed by atoms with Gasteiger partial charge in [-0.3, -0.25) is 4.90 Å². The molecule has 2 aromatic heterocycles. The summed E-state index contributed by atoms with van der Waals surface area (Å²) in [6, 6.07) is 14.0. The van der Waals surface area contributed by atoms with E-state index in [1.54, 1.807) is 12.3 Å². The molecule has 5 rings (SSSR count). The Morgan fingerprint density at radius 2 is 1.88 bits per heavy atom. The summed E-state index contributed by atoms with van der Waals surface area (Å²) in [6.45, 7) is 3.85. The van der Waals surface area contributed by atoms with Gasteiger partial charge in [-0.1, -0.05) is 35.5 Å². The molecule has 6 nitrogen and oxygen atoms in total. The van der Waals surface area contributed by atoms with Crippen LogP contribution in [0, 0.1) is 11.6 Å². The monoisotopic (exact) mass is 449 g/mol. The minimum Gasteiger partial charge on any atom is -0.342 e. The molecule has 4 aromatic rings. The number of likely N-dealkylation sites (tertiary alicyclic amines) is 1. The molecule has 0 saturated carbocycles. The highest BCUT2D eigenvalue weighted by molar-refractivity contribution is 5.58. The number of piperidine rings is 1. The van der Waals surface area contributed by atoms with Crippen molar-refractivity contribution in [3.63, 3.8) is 0 Å². The van der Waals surface area contributed by atoms with Gasteiger partial charge in [0.1, 0.15) is 5.82 Å². The number of hydrogen-bond donors (Lipinski definition) is 1. The molecule has 1 unspecified atom stereocenters. The second kappa shape index (κ2) is 9.23. The van der Waals surface area contributed by atoms with Crippen molar-refractivity contribution in [3.8, 4) is 11.3 Å². The van der Waals surface area contributed by atoms with Gasteiger partial charge < -0.3 is 9.51 Å². The molecule has 1 saturated heterocycles. The number of rotatable bonds is 6. The SMILES string of the molecule is CC(c1nc(Cc2ccccc2)no1)N1CCC(c2ncc(-c3ccc(F)c(F)c3)[nH]2)CC1. The Balaban J connectivity index is 1.19. The number of imidazole rings is 1. The molecule has 8 heteroatoms. The van der Waals surface area contributed by atoms with Gasteiger partial charge in [-0.2, -0.15) is 4.98 Å². The third kappa shape index (κ3) is 4.71. The van der Waals surface area contributed by atoms with Gasteiger partial charge in [0.25, 0.3) is 0 Å². The smallest absolute Gasteiger partial charge is 0.243 e. The van der Waals surface area contributed by atoms with Crippen molar-refractivity contribution in [2.24, 2.45) is 0 Å². The second-order valence-electron chi connectivity index (χ2n) is 8.51. The summed E-state index contributed by atoms with van der Waals surface area (Å²) in [6.07, 6.45) is 4.20. The van der Waals surface area contributed by atoms with Crippen LogP contribution >= 0.6 is 0 Å². The fourth-order valence-corrected chi connectivity index (χ4v) is 4.36. The maximum absolute atomic E-state index is 13.6. The van der Waals surface area contributed by atoms with E-state index in [0.717, 1.165) is 43.4 Å². The molecule has 33 heavy (non-hydrogen) atoms. The van der Waals surface area contributed by atoms with Crippen LogP contribution in [0.5, 0.6) is 0 Å². The van der Waals surface area contributed by atoms with Gasteiger partial charge >= 0.3 is 0 Å². The zero-order valence-corrected chi connectivity index (χ0v) is 18.3. The van der Waals surface area contributed by atoms with Crippen molar-refractivity contribution in [1.29, 1.82) is 0 Å². The van der Waals surface area contributed by atoms with E-state index >= 15 is 0 Å². The third-order valence-electron chi connectivity index (χ3n) is 6.34. The van der Waals surface area contributed by atoms with E-state index < -0.39 is 11.6 Å². The lowest BCUT2D eigenvalue weighted by Gasteiger charge is -2.33. The van der Waals surface area contributed by atoms with E-state index in [4.69, 9.17) is 4.52 Å². The summed E-state index contributed by atoms with van der Waals surface area (Å²) >= 11 is 0.